The predicted octanol–water partition coefficient (Wildman–Crippen LogP) is -0.564. The molecule has 2 rings (SSSR count). The molecule has 0 bridgehead atoms. The number of nitrogens with one attached hydrogen (secondary N) is 4. The van der Waals surface area contributed by atoms with Gasteiger partial charge in [0.2, 0.25) is 17.7 Å². The number of para-hydroxylation sites is 1. The molecule has 0 aliphatic heterocycles. The molecule has 0 saturated heterocycles. The number of benzene rings is 1. The molecule has 0 saturated carbocycles. The first-order chi connectivity index (χ1) is 16.6. The number of carbonyl (C=O) groups excluding carboxylic acids is 3. The van der Waals surface area contributed by atoms with Gasteiger partial charge in [0.25, 0.3) is 0 Å². The first-order valence-corrected chi connectivity index (χ1v) is 12.1. The third kappa shape index (κ3) is 8.61. The van der Waals surface area contributed by atoms with E-state index in [1.54, 1.807) is 6.20 Å². The fraction of sp³-hybridized carbons (Fsp3) is 0.409. The summed E-state index contributed by atoms with van der Waals surface area (Å²) in [5.41, 5.74) is 7.03. The highest BCUT2D eigenvalue weighted by molar-refractivity contribution is 7.98. The van der Waals surface area contributed by atoms with Crippen LogP contribution in [0.15, 0.2) is 30.5 Å². The Hall–Kier alpha value is -3.58. The van der Waals surface area contributed by atoms with Crippen LogP contribution >= 0.6 is 11.8 Å². The lowest BCUT2D eigenvalue weighted by molar-refractivity contribution is -0.142. The summed E-state index contributed by atoms with van der Waals surface area (Å²) in [4.78, 5) is 62.8. The van der Waals surface area contributed by atoms with Crippen molar-refractivity contribution in [1.29, 1.82) is 0 Å². The number of hydrogen-bond donors (Lipinski definition) is 7. The molecule has 1 heterocycles. The van der Waals surface area contributed by atoms with Crippen LogP contribution < -0.4 is 21.7 Å². The minimum Gasteiger partial charge on any atom is -0.481 e. The largest absolute Gasteiger partial charge is 0.481 e. The lowest BCUT2D eigenvalue weighted by atomic mass is 10.0. The second kappa shape index (κ2) is 13.3. The quantitative estimate of drug-likeness (QED) is 0.175. The maximum atomic E-state index is 13.0. The van der Waals surface area contributed by atoms with Crippen molar-refractivity contribution in [3.05, 3.63) is 36.0 Å². The van der Waals surface area contributed by atoms with Gasteiger partial charge < -0.3 is 36.9 Å². The van der Waals surface area contributed by atoms with E-state index in [9.17, 15) is 29.1 Å². The molecule has 1 aromatic carbocycles. The van der Waals surface area contributed by atoms with Gasteiger partial charge in [0.05, 0.1) is 19.0 Å². The molecule has 12 nitrogen and oxygen atoms in total. The maximum absolute atomic E-state index is 13.0. The Morgan fingerprint density at radius 3 is 2.43 bits per heavy atom. The molecule has 0 fully saturated rings. The van der Waals surface area contributed by atoms with E-state index in [0.717, 1.165) is 16.5 Å². The van der Waals surface area contributed by atoms with Gasteiger partial charge in [-0.3, -0.25) is 19.2 Å². The van der Waals surface area contributed by atoms with Crippen molar-refractivity contribution in [1.82, 2.24) is 20.9 Å². The van der Waals surface area contributed by atoms with E-state index >= 15 is 0 Å². The summed E-state index contributed by atoms with van der Waals surface area (Å²) in [6.07, 6.45) is 3.17. The fourth-order valence-electron chi connectivity index (χ4n) is 3.32. The van der Waals surface area contributed by atoms with Crippen LogP contribution in [0.4, 0.5) is 0 Å². The van der Waals surface area contributed by atoms with Gasteiger partial charge in [0, 0.05) is 23.5 Å². The van der Waals surface area contributed by atoms with Crippen LogP contribution in [0.2, 0.25) is 0 Å². The van der Waals surface area contributed by atoms with E-state index in [2.05, 4.69) is 20.9 Å². The topological polar surface area (TPSA) is 204 Å². The molecule has 3 atom stereocenters. The van der Waals surface area contributed by atoms with Gasteiger partial charge in [-0.25, -0.2) is 4.79 Å². The fourth-order valence-corrected chi connectivity index (χ4v) is 3.79. The van der Waals surface area contributed by atoms with Crippen molar-refractivity contribution in [2.45, 2.75) is 37.4 Å². The maximum Gasteiger partial charge on any atom is 0.326 e. The summed E-state index contributed by atoms with van der Waals surface area (Å²) in [5, 5.41) is 26.2. The molecule has 8 N–H and O–H groups in total. The van der Waals surface area contributed by atoms with Crippen LogP contribution in [-0.4, -0.2) is 81.5 Å². The zero-order chi connectivity index (χ0) is 26.0. The van der Waals surface area contributed by atoms with Crippen molar-refractivity contribution in [2.24, 2.45) is 5.73 Å². The van der Waals surface area contributed by atoms with Crippen LogP contribution in [0.3, 0.4) is 0 Å². The Morgan fingerprint density at radius 2 is 1.77 bits per heavy atom. The number of H-pyrrole nitrogens is 1. The molecule has 3 unspecified atom stereocenters. The predicted molar refractivity (Wildman–Crippen MR) is 130 cm³/mol. The third-order valence-corrected chi connectivity index (χ3v) is 5.77. The number of carboxylic acid groups (broad SMARTS) is 2. The minimum absolute atomic E-state index is 0.0585. The van der Waals surface area contributed by atoms with Crippen LogP contribution in [0, 0.1) is 0 Å². The Bertz CT molecular complexity index is 1070. The molecule has 190 valence electrons. The van der Waals surface area contributed by atoms with Crippen LogP contribution in [0.25, 0.3) is 10.9 Å². The van der Waals surface area contributed by atoms with E-state index in [-0.39, 0.29) is 12.8 Å². The van der Waals surface area contributed by atoms with E-state index in [0.29, 0.717) is 5.75 Å². The molecule has 0 spiro atoms. The summed E-state index contributed by atoms with van der Waals surface area (Å²) < 4.78 is 0. The Labute approximate surface area is 205 Å². The third-order valence-electron chi connectivity index (χ3n) is 5.13. The molecule has 0 radical (unpaired) electrons. The molecule has 0 aliphatic carbocycles. The van der Waals surface area contributed by atoms with Gasteiger partial charge in [-0.2, -0.15) is 11.8 Å². The normalized spacial score (nSPS) is 13.4. The molecule has 0 aliphatic rings. The van der Waals surface area contributed by atoms with Crippen molar-refractivity contribution >= 4 is 52.3 Å². The van der Waals surface area contributed by atoms with Crippen molar-refractivity contribution in [3.63, 3.8) is 0 Å². The first kappa shape index (κ1) is 27.7. The zero-order valence-corrected chi connectivity index (χ0v) is 19.9. The van der Waals surface area contributed by atoms with Crippen LogP contribution in [0.5, 0.6) is 0 Å². The highest BCUT2D eigenvalue weighted by Gasteiger charge is 2.27. The molecule has 3 amide bonds. The van der Waals surface area contributed by atoms with E-state index < -0.39 is 60.8 Å². The van der Waals surface area contributed by atoms with Crippen molar-refractivity contribution in [3.8, 4) is 0 Å². The molecular weight excluding hydrogens is 478 g/mol. The summed E-state index contributed by atoms with van der Waals surface area (Å²) in [6, 6.07) is 3.76. The number of hydrogen-bond acceptors (Lipinski definition) is 7. The van der Waals surface area contributed by atoms with Gasteiger partial charge in [0.1, 0.15) is 12.1 Å². The van der Waals surface area contributed by atoms with Gasteiger partial charge in [-0.05, 0) is 30.1 Å². The molecule has 1 aromatic heterocycles. The Kier molecular flexibility index (Phi) is 10.5. The first-order valence-electron chi connectivity index (χ1n) is 10.7. The number of aromatic nitrogens is 1. The second-order valence-corrected chi connectivity index (χ2v) is 8.77. The number of fused-ring (bicyclic) bond motifs is 1. The highest BCUT2D eigenvalue weighted by atomic mass is 32.2. The zero-order valence-electron chi connectivity index (χ0n) is 19.1. The summed E-state index contributed by atoms with van der Waals surface area (Å²) >= 11 is 1.44. The number of nitrogens with two attached hydrogens (primary N) is 1. The average Bonchev–Trinajstić information content (AvgIpc) is 3.21. The van der Waals surface area contributed by atoms with Crippen LogP contribution in [0.1, 0.15) is 18.4 Å². The lowest BCUT2D eigenvalue weighted by Gasteiger charge is -2.21. The molecule has 2 aromatic rings. The number of thioether (sulfide) groups is 1. The number of carboxylic acids is 2. The Morgan fingerprint density at radius 1 is 1.06 bits per heavy atom. The van der Waals surface area contributed by atoms with Crippen molar-refractivity contribution < 1.29 is 34.2 Å². The monoisotopic (exact) mass is 507 g/mol. The lowest BCUT2D eigenvalue weighted by Crippen LogP contribution is -2.54. The van der Waals surface area contributed by atoms with E-state index in [1.807, 2.05) is 30.5 Å². The number of amides is 3. The minimum atomic E-state index is -1.33. The van der Waals surface area contributed by atoms with E-state index in [1.165, 1.54) is 11.8 Å². The summed E-state index contributed by atoms with van der Waals surface area (Å²) in [5.74, 6) is -4.18. The average molecular weight is 508 g/mol. The summed E-state index contributed by atoms with van der Waals surface area (Å²) in [7, 11) is 0. The molecular formula is C22H29N5O7S. The highest BCUT2D eigenvalue weighted by Crippen LogP contribution is 2.19. The number of aromatic amines is 1. The second-order valence-electron chi connectivity index (χ2n) is 7.79. The number of carbonyl (C=O) groups is 5. The Balaban J connectivity index is 2.13. The van der Waals surface area contributed by atoms with Gasteiger partial charge >= 0.3 is 11.9 Å². The number of rotatable bonds is 14. The molecule has 13 heteroatoms. The van der Waals surface area contributed by atoms with Gasteiger partial charge in [-0.15, -0.1) is 0 Å². The molecule has 35 heavy (non-hydrogen) atoms. The van der Waals surface area contributed by atoms with Gasteiger partial charge in [-0.1, -0.05) is 18.2 Å². The standard InChI is InChI=1S/C22H29N5O7S/c1-35-7-6-16(22(33)34)27-21(32)17(8-12-10-24-15-5-3-2-4-13(12)15)26-18(28)11-25-20(31)14(23)9-19(29)30/h2-5,10,14,16-17,24H,6-9,11,23H2,1H3,(H,25,31)(H,26,28)(H,27,32)(H,29,30)(H,33,34). The smallest absolute Gasteiger partial charge is 0.326 e. The van der Waals surface area contributed by atoms with E-state index in [4.69, 9.17) is 10.8 Å². The van der Waals surface area contributed by atoms with Crippen LogP contribution in [-0.2, 0) is 30.4 Å². The van der Waals surface area contributed by atoms with Crippen molar-refractivity contribution in [2.75, 3.05) is 18.6 Å². The summed E-state index contributed by atoms with van der Waals surface area (Å²) in [6.45, 7) is -0.543. The van der Waals surface area contributed by atoms with Gasteiger partial charge in [0.15, 0.2) is 0 Å². The number of aliphatic carboxylic acids is 2. The SMILES string of the molecule is CSCCC(NC(=O)C(Cc1c[nH]c2ccccc12)NC(=O)CNC(=O)C(N)CC(=O)O)C(=O)O.